The van der Waals surface area contributed by atoms with Gasteiger partial charge in [-0.05, 0) is 11.4 Å². The van der Waals surface area contributed by atoms with Gasteiger partial charge in [0.1, 0.15) is 11.9 Å². The van der Waals surface area contributed by atoms with Gasteiger partial charge in [0.25, 0.3) is 0 Å². The second-order valence-corrected chi connectivity index (χ2v) is 5.04. The van der Waals surface area contributed by atoms with Gasteiger partial charge in [-0.15, -0.1) is 11.3 Å². The highest BCUT2D eigenvalue weighted by atomic mass is 32.1. The molecule has 1 aliphatic heterocycles. The molecule has 0 aromatic carbocycles. The molecular weight excluding hydrogens is 266 g/mol. The van der Waals surface area contributed by atoms with Gasteiger partial charge in [0.05, 0.1) is 34.4 Å². The lowest BCUT2D eigenvalue weighted by Crippen LogP contribution is -2.26. The zero-order chi connectivity index (χ0) is 13.2. The van der Waals surface area contributed by atoms with Crippen LogP contribution < -0.4 is 5.32 Å². The predicted molar refractivity (Wildman–Crippen MR) is 73.6 cm³/mol. The second kappa shape index (κ2) is 4.94. The number of fused-ring (bicyclic) bond motifs is 1. The first-order valence-corrected chi connectivity index (χ1v) is 6.65. The molecule has 1 aliphatic rings. The number of ether oxygens (including phenoxy) is 1. The Hall–Kier alpha value is -1.99. The smallest absolute Gasteiger partial charge is 0.311 e. The predicted octanol–water partition coefficient (Wildman–Crippen LogP) is 2.57. The third kappa shape index (κ3) is 2.29. The quantitative estimate of drug-likeness (QED) is 0.530. The molecule has 0 fully saturated rings. The van der Waals surface area contributed by atoms with Gasteiger partial charge in [-0.1, -0.05) is 12.2 Å². The fourth-order valence-corrected chi connectivity index (χ4v) is 2.85. The van der Waals surface area contributed by atoms with E-state index >= 15 is 0 Å². The summed E-state index contributed by atoms with van der Waals surface area (Å²) in [7, 11) is 0. The summed E-state index contributed by atoms with van der Waals surface area (Å²) in [5.41, 5.74) is 1.28. The van der Waals surface area contributed by atoms with Crippen molar-refractivity contribution in [3.05, 3.63) is 39.9 Å². The van der Waals surface area contributed by atoms with Crippen molar-refractivity contribution in [1.29, 1.82) is 0 Å². The van der Waals surface area contributed by atoms with E-state index in [2.05, 4.69) is 10.3 Å². The van der Waals surface area contributed by atoms with Crippen LogP contribution >= 0.6 is 11.3 Å². The third-order valence-electron chi connectivity index (χ3n) is 2.86. The van der Waals surface area contributed by atoms with Crippen molar-refractivity contribution in [3.63, 3.8) is 0 Å². The van der Waals surface area contributed by atoms with E-state index in [1.165, 1.54) is 17.5 Å². The standard InChI is InChI=1S/C12H11N3O3S/c16-15(17)10-6-13-9-3-5-19-12(9)11(10)14-8-2-1-4-18-7-8/h1-3,5-6,8H,4,7H2,(H,13,14)/t8-/m0/s1. The van der Waals surface area contributed by atoms with Crippen molar-refractivity contribution >= 4 is 32.9 Å². The molecule has 3 heterocycles. The molecule has 0 saturated carbocycles. The van der Waals surface area contributed by atoms with Gasteiger partial charge in [0, 0.05) is 0 Å². The highest BCUT2D eigenvalue weighted by molar-refractivity contribution is 7.17. The van der Waals surface area contributed by atoms with Crippen LogP contribution in [0.2, 0.25) is 0 Å². The molecule has 1 N–H and O–H groups in total. The summed E-state index contributed by atoms with van der Waals surface area (Å²) >= 11 is 1.44. The summed E-state index contributed by atoms with van der Waals surface area (Å²) in [4.78, 5) is 14.8. The monoisotopic (exact) mass is 277 g/mol. The maximum absolute atomic E-state index is 11.1. The number of nitrogens with zero attached hydrogens (tertiary/aromatic N) is 2. The summed E-state index contributed by atoms with van der Waals surface area (Å²) in [6.07, 6.45) is 5.16. The normalized spacial score (nSPS) is 18.6. The number of rotatable bonds is 3. The first-order chi connectivity index (χ1) is 9.25. The Bertz CT molecular complexity index is 653. The van der Waals surface area contributed by atoms with E-state index in [0.717, 1.165) is 10.2 Å². The van der Waals surface area contributed by atoms with Crippen LogP contribution in [-0.2, 0) is 4.74 Å². The van der Waals surface area contributed by atoms with Crippen LogP contribution in [0.15, 0.2) is 29.8 Å². The number of hydrogen-bond acceptors (Lipinski definition) is 6. The number of hydrogen-bond donors (Lipinski definition) is 1. The highest BCUT2D eigenvalue weighted by Crippen LogP contribution is 2.35. The van der Waals surface area contributed by atoms with Crippen LogP contribution in [-0.4, -0.2) is 29.2 Å². The van der Waals surface area contributed by atoms with E-state index in [9.17, 15) is 10.1 Å². The minimum absolute atomic E-state index is 0.00563. The molecule has 0 radical (unpaired) electrons. The highest BCUT2D eigenvalue weighted by Gasteiger charge is 2.21. The van der Waals surface area contributed by atoms with E-state index in [1.54, 1.807) is 0 Å². The van der Waals surface area contributed by atoms with Gasteiger partial charge in [-0.3, -0.25) is 10.1 Å². The van der Waals surface area contributed by atoms with E-state index in [-0.39, 0.29) is 11.7 Å². The second-order valence-electron chi connectivity index (χ2n) is 4.13. The van der Waals surface area contributed by atoms with Crippen LogP contribution in [0.1, 0.15) is 0 Å². The van der Waals surface area contributed by atoms with Crippen LogP contribution in [0.5, 0.6) is 0 Å². The summed E-state index contributed by atoms with van der Waals surface area (Å²) < 4.78 is 6.12. The zero-order valence-corrected chi connectivity index (χ0v) is 10.7. The third-order valence-corrected chi connectivity index (χ3v) is 3.78. The molecule has 0 spiro atoms. The van der Waals surface area contributed by atoms with Crippen molar-refractivity contribution < 1.29 is 9.66 Å². The first-order valence-electron chi connectivity index (χ1n) is 5.77. The molecule has 19 heavy (non-hydrogen) atoms. The van der Waals surface area contributed by atoms with Crippen molar-refractivity contribution in [1.82, 2.24) is 4.98 Å². The Morgan fingerprint density at radius 1 is 1.58 bits per heavy atom. The van der Waals surface area contributed by atoms with E-state index in [0.29, 0.717) is 18.9 Å². The number of anilines is 1. The molecule has 7 heteroatoms. The Morgan fingerprint density at radius 3 is 3.21 bits per heavy atom. The SMILES string of the molecule is O=[N+]([O-])c1cnc2ccsc2c1N[C@H]1C=CCOC1. The molecule has 2 aromatic rings. The van der Waals surface area contributed by atoms with E-state index in [1.807, 2.05) is 23.6 Å². The lowest BCUT2D eigenvalue weighted by molar-refractivity contribution is -0.384. The maximum atomic E-state index is 11.1. The van der Waals surface area contributed by atoms with Crippen LogP contribution in [0, 0.1) is 10.1 Å². The summed E-state index contributed by atoms with van der Waals surface area (Å²) in [5.74, 6) is 0. The lowest BCUT2D eigenvalue weighted by Gasteiger charge is -2.19. The largest absolute Gasteiger partial charge is 0.375 e. The van der Waals surface area contributed by atoms with Gasteiger partial charge in [0.2, 0.25) is 0 Å². The first kappa shape index (κ1) is 12.1. The molecule has 0 unspecified atom stereocenters. The number of nitrogens with one attached hydrogen (secondary N) is 1. The minimum atomic E-state index is -0.415. The lowest BCUT2D eigenvalue weighted by atomic mass is 10.2. The molecule has 0 aliphatic carbocycles. The van der Waals surface area contributed by atoms with Gasteiger partial charge in [-0.2, -0.15) is 0 Å². The molecule has 0 saturated heterocycles. The average molecular weight is 277 g/mol. The Kier molecular flexibility index (Phi) is 3.14. The number of pyridine rings is 1. The molecule has 0 bridgehead atoms. The number of nitro groups is 1. The molecule has 0 amide bonds. The van der Waals surface area contributed by atoms with Crippen molar-refractivity contribution in [2.24, 2.45) is 0 Å². The van der Waals surface area contributed by atoms with Gasteiger partial charge < -0.3 is 10.1 Å². The molecule has 1 atom stereocenters. The summed E-state index contributed by atoms with van der Waals surface area (Å²) in [6.45, 7) is 1.09. The molecular formula is C12H11N3O3S. The molecule has 6 nitrogen and oxygen atoms in total. The number of aromatic nitrogens is 1. The van der Waals surface area contributed by atoms with Gasteiger partial charge >= 0.3 is 5.69 Å². The summed E-state index contributed by atoms with van der Waals surface area (Å²) in [6, 6.07) is 1.79. The molecule has 2 aromatic heterocycles. The zero-order valence-electron chi connectivity index (χ0n) is 9.91. The Morgan fingerprint density at radius 2 is 2.47 bits per heavy atom. The minimum Gasteiger partial charge on any atom is -0.375 e. The van der Waals surface area contributed by atoms with Gasteiger partial charge in [-0.25, -0.2) is 4.98 Å². The van der Waals surface area contributed by atoms with E-state index in [4.69, 9.17) is 4.74 Å². The van der Waals surface area contributed by atoms with Gasteiger partial charge in [0.15, 0.2) is 0 Å². The Labute approximate surface area is 112 Å². The molecule has 3 rings (SSSR count). The van der Waals surface area contributed by atoms with Crippen LogP contribution in [0.25, 0.3) is 10.2 Å². The number of thiophene rings is 1. The van der Waals surface area contributed by atoms with Crippen LogP contribution in [0.3, 0.4) is 0 Å². The van der Waals surface area contributed by atoms with Crippen molar-refractivity contribution in [2.75, 3.05) is 18.5 Å². The fourth-order valence-electron chi connectivity index (χ4n) is 1.99. The molecule has 98 valence electrons. The summed E-state index contributed by atoms with van der Waals surface area (Å²) in [5, 5.41) is 16.2. The van der Waals surface area contributed by atoms with E-state index < -0.39 is 4.92 Å². The average Bonchev–Trinajstić information content (AvgIpc) is 2.88. The van der Waals surface area contributed by atoms with Crippen molar-refractivity contribution in [3.8, 4) is 0 Å². The fraction of sp³-hybridized carbons (Fsp3) is 0.250. The maximum Gasteiger partial charge on any atom is 0.311 e. The Balaban J connectivity index is 2.05. The van der Waals surface area contributed by atoms with Crippen molar-refractivity contribution in [2.45, 2.75) is 6.04 Å². The topological polar surface area (TPSA) is 77.3 Å². The van der Waals surface area contributed by atoms with Crippen LogP contribution in [0.4, 0.5) is 11.4 Å².